The van der Waals surface area contributed by atoms with Crippen molar-refractivity contribution in [1.29, 1.82) is 0 Å². The monoisotopic (exact) mass is 455 g/mol. The lowest BCUT2D eigenvalue weighted by molar-refractivity contribution is 0.598. The maximum atomic E-state index is 11.6. The summed E-state index contributed by atoms with van der Waals surface area (Å²) >= 11 is 7.64. The summed E-state index contributed by atoms with van der Waals surface area (Å²) < 4.78 is 23.1. The van der Waals surface area contributed by atoms with E-state index in [2.05, 4.69) is 17.1 Å². The van der Waals surface area contributed by atoms with Crippen molar-refractivity contribution in [2.24, 2.45) is 5.14 Å². The second-order valence-corrected chi connectivity index (χ2v) is 9.58. The van der Waals surface area contributed by atoms with Crippen LogP contribution in [0.5, 0.6) is 0 Å². The molecule has 3 N–H and O–H groups in total. The molecule has 0 aliphatic heterocycles. The van der Waals surface area contributed by atoms with Gasteiger partial charge in [0.25, 0.3) is 0 Å². The highest BCUT2D eigenvalue weighted by molar-refractivity contribution is 7.98. The fourth-order valence-electron chi connectivity index (χ4n) is 2.98. The van der Waals surface area contributed by atoms with E-state index in [0.29, 0.717) is 5.02 Å². The van der Waals surface area contributed by atoms with Crippen molar-refractivity contribution in [2.45, 2.75) is 15.8 Å². The third-order valence-corrected chi connectivity index (χ3v) is 6.62. The van der Waals surface area contributed by atoms with E-state index < -0.39 is 10.0 Å². The summed E-state index contributed by atoms with van der Waals surface area (Å²) in [5, 5.41) is 6.63. The predicted octanol–water partition coefficient (Wildman–Crippen LogP) is 5.34. The number of rotatable bonds is 6. The second-order valence-electron chi connectivity index (χ2n) is 6.62. The van der Waals surface area contributed by atoms with E-state index in [9.17, 15) is 8.42 Å². The molecule has 0 aliphatic carbocycles. The topological polar surface area (TPSA) is 88.8 Å². The zero-order valence-corrected chi connectivity index (χ0v) is 18.1. The zero-order valence-electron chi connectivity index (χ0n) is 15.7. The Morgan fingerprint density at radius 2 is 1.53 bits per heavy atom. The molecule has 152 valence electrons. The van der Waals surface area contributed by atoms with Crippen LogP contribution in [0.25, 0.3) is 22.5 Å². The number of nitrogens with zero attached hydrogens (tertiary/aromatic N) is 1. The Hall–Kier alpha value is -2.58. The number of aromatic nitrogens is 2. The average molecular weight is 456 g/mol. The number of nitrogens with two attached hydrogens (primary N) is 1. The smallest absolute Gasteiger partial charge is 0.238 e. The number of aromatic amines is 1. The van der Waals surface area contributed by atoms with Crippen LogP contribution in [0.4, 0.5) is 0 Å². The molecule has 1 aromatic heterocycles. The number of hydrogen-bond donors (Lipinski definition) is 2. The van der Waals surface area contributed by atoms with Crippen molar-refractivity contribution in [1.82, 2.24) is 9.97 Å². The molecule has 0 fully saturated rings. The van der Waals surface area contributed by atoms with Crippen LogP contribution in [0.15, 0.2) is 88.9 Å². The summed E-state index contributed by atoms with van der Waals surface area (Å²) in [5.41, 5.74) is 4.49. The Kier molecular flexibility index (Phi) is 5.97. The van der Waals surface area contributed by atoms with E-state index in [0.717, 1.165) is 33.4 Å². The van der Waals surface area contributed by atoms with Gasteiger partial charge in [0.2, 0.25) is 10.0 Å². The zero-order chi connectivity index (χ0) is 21.1. The first kappa shape index (κ1) is 20.7. The minimum absolute atomic E-state index is 0.0671. The van der Waals surface area contributed by atoms with Crippen LogP contribution < -0.4 is 5.14 Å². The number of thioether (sulfide) groups is 1. The third kappa shape index (κ3) is 4.76. The summed E-state index contributed by atoms with van der Waals surface area (Å²) in [6.07, 6.45) is 0. The maximum Gasteiger partial charge on any atom is 0.238 e. The summed E-state index contributed by atoms with van der Waals surface area (Å²) in [6, 6.07) is 24.0. The molecular weight excluding hydrogens is 438 g/mol. The first-order chi connectivity index (χ1) is 14.4. The minimum atomic E-state index is -3.75. The fourth-order valence-corrected chi connectivity index (χ4v) is 4.45. The molecule has 0 saturated heterocycles. The molecule has 0 radical (unpaired) electrons. The van der Waals surface area contributed by atoms with Crippen molar-refractivity contribution >= 4 is 33.4 Å². The van der Waals surface area contributed by atoms with Gasteiger partial charge in [-0.2, -0.15) is 0 Å². The summed E-state index contributed by atoms with van der Waals surface area (Å²) in [4.78, 5) is 8.24. The van der Waals surface area contributed by atoms with E-state index in [1.165, 1.54) is 17.7 Å². The van der Waals surface area contributed by atoms with Crippen molar-refractivity contribution in [2.75, 3.05) is 0 Å². The molecule has 0 unspecified atom stereocenters. The van der Waals surface area contributed by atoms with Crippen LogP contribution in [0.3, 0.4) is 0 Å². The van der Waals surface area contributed by atoms with Gasteiger partial charge in [-0.1, -0.05) is 78.0 Å². The number of imidazole rings is 1. The highest BCUT2D eigenvalue weighted by atomic mass is 35.5. The normalized spacial score (nSPS) is 11.5. The van der Waals surface area contributed by atoms with E-state index in [-0.39, 0.29) is 4.90 Å². The average Bonchev–Trinajstić information content (AvgIpc) is 3.17. The number of nitrogens with one attached hydrogen (secondary N) is 1. The van der Waals surface area contributed by atoms with Gasteiger partial charge in [0, 0.05) is 21.9 Å². The van der Waals surface area contributed by atoms with Gasteiger partial charge in [0.05, 0.1) is 16.3 Å². The van der Waals surface area contributed by atoms with Crippen LogP contribution in [0, 0.1) is 0 Å². The maximum absolute atomic E-state index is 11.6. The van der Waals surface area contributed by atoms with Crippen LogP contribution in [-0.4, -0.2) is 18.4 Å². The Morgan fingerprint density at radius 1 is 0.900 bits per heavy atom. The fraction of sp³-hybridized carbons (Fsp3) is 0.0455. The first-order valence-electron chi connectivity index (χ1n) is 9.06. The van der Waals surface area contributed by atoms with Gasteiger partial charge < -0.3 is 4.98 Å². The molecule has 5 nitrogen and oxygen atoms in total. The van der Waals surface area contributed by atoms with Crippen molar-refractivity contribution in [3.8, 4) is 22.5 Å². The number of benzene rings is 3. The van der Waals surface area contributed by atoms with E-state index in [1.54, 1.807) is 23.9 Å². The molecule has 4 aromatic rings. The van der Waals surface area contributed by atoms with Gasteiger partial charge in [0.15, 0.2) is 5.16 Å². The lowest BCUT2D eigenvalue weighted by Gasteiger charge is -2.05. The SMILES string of the molecule is NS(=O)(=O)c1ccc(-c2[nH]c(SCc3ccccc3)nc2-c2ccc(Cl)cc2)cc1. The Labute approximate surface area is 184 Å². The van der Waals surface area contributed by atoms with Crippen molar-refractivity contribution in [3.05, 3.63) is 89.4 Å². The standard InChI is InChI=1S/C22H18ClN3O2S2/c23-18-10-6-16(7-11-18)20-21(17-8-12-19(13-9-17)30(24,27)28)26-22(25-20)29-14-15-4-2-1-3-5-15/h1-13H,14H2,(H,25,26)(H2,24,27,28). The van der Waals surface area contributed by atoms with Gasteiger partial charge >= 0.3 is 0 Å². The molecule has 1 heterocycles. The summed E-state index contributed by atoms with van der Waals surface area (Å²) in [7, 11) is -3.75. The van der Waals surface area contributed by atoms with Crippen LogP contribution in [-0.2, 0) is 15.8 Å². The molecule has 30 heavy (non-hydrogen) atoms. The number of H-pyrrole nitrogens is 1. The Bertz CT molecular complexity index is 1250. The molecule has 0 aliphatic rings. The highest BCUT2D eigenvalue weighted by Crippen LogP contribution is 2.34. The van der Waals surface area contributed by atoms with Gasteiger partial charge in [-0.15, -0.1) is 0 Å². The number of sulfonamides is 1. The van der Waals surface area contributed by atoms with Crippen LogP contribution >= 0.6 is 23.4 Å². The summed E-state index contributed by atoms with van der Waals surface area (Å²) in [5.74, 6) is 0.776. The number of halogens is 1. The molecule has 0 atom stereocenters. The summed E-state index contributed by atoms with van der Waals surface area (Å²) in [6.45, 7) is 0. The van der Waals surface area contributed by atoms with E-state index in [4.69, 9.17) is 21.7 Å². The van der Waals surface area contributed by atoms with Gasteiger partial charge in [0.1, 0.15) is 0 Å². The lowest BCUT2D eigenvalue weighted by Crippen LogP contribution is -2.11. The number of primary sulfonamides is 1. The lowest BCUT2D eigenvalue weighted by atomic mass is 10.1. The van der Waals surface area contributed by atoms with Crippen molar-refractivity contribution in [3.63, 3.8) is 0 Å². The third-order valence-electron chi connectivity index (χ3n) is 4.49. The van der Waals surface area contributed by atoms with Gasteiger partial charge in [-0.05, 0) is 29.8 Å². The van der Waals surface area contributed by atoms with Crippen LogP contribution in [0.1, 0.15) is 5.56 Å². The molecule has 8 heteroatoms. The van der Waals surface area contributed by atoms with Crippen LogP contribution in [0.2, 0.25) is 5.02 Å². The number of hydrogen-bond acceptors (Lipinski definition) is 4. The highest BCUT2D eigenvalue weighted by Gasteiger charge is 2.16. The van der Waals surface area contributed by atoms with Gasteiger partial charge in [-0.3, -0.25) is 0 Å². The molecule has 4 rings (SSSR count). The minimum Gasteiger partial charge on any atom is -0.332 e. The molecule has 0 bridgehead atoms. The quantitative estimate of drug-likeness (QED) is 0.384. The van der Waals surface area contributed by atoms with E-state index in [1.807, 2.05) is 42.5 Å². The molecule has 0 amide bonds. The van der Waals surface area contributed by atoms with Crippen molar-refractivity contribution < 1.29 is 8.42 Å². The van der Waals surface area contributed by atoms with Gasteiger partial charge in [-0.25, -0.2) is 18.5 Å². The molecular formula is C22H18ClN3O2S2. The Morgan fingerprint density at radius 3 is 2.17 bits per heavy atom. The predicted molar refractivity (Wildman–Crippen MR) is 122 cm³/mol. The van der Waals surface area contributed by atoms with E-state index >= 15 is 0 Å². The second kappa shape index (κ2) is 8.65. The first-order valence-corrected chi connectivity index (χ1v) is 12.0. The molecule has 0 saturated carbocycles. The molecule has 3 aromatic carbocycles. The Balaban J connectivity index is 1.71. The molecule has 0 spiro atoms. The largest absolute Gasteiger partial charge is 0.332 e.